The number of rotatable bonds is 1. The first-order chi connectivity index (χ1) is 6.75. The van der Waals surface area contributed by atoms with E-state index in [1.54, 1.807) is 0 Å². The van der Waals surface area contributed by atoms with Gasteiger partial charge in [0.2, 0.25) is 0 Å². The topological polar surface area (TPSA) is 32.6 Å². The van der Waals surface area contributed by atoms with Crippen LogP contribution in [-0.4, -0.2) is 17.9 Å². The molecule has 2 nitrogen and oxygen atoms in total. The summed E-state index contributed by atoms with van der Waals surface area (Å²) in [5.74, 6) is 1.57. The molecule has 2 atom stereocenters. The summed E-state index contributed by atoms with van der Waals surface area (Å²) in [6.07, 6.45) is 9.40. The van der Waals surface area contributed by atoms with Crippen LogP contribution in [0.4, 0.5) is 0 Å². The summed E-state index contributed by atoms with van der Waals surface area (Å²) in [6, 6.07) is 0. The van der Waals surface area contributed by atoms with Gasteiger partial charge < -0.3 is 5.11 Å². The van der Waals surface area contributed by atoms with Gasteiger partial charge in [0.25, 0.3) is 0 Å². The lowest BCUT2D eigenvalue weighted by atomic mass is 9.82. The van der Waals surface area contributed by atoms with Crippen molar-refractivity contribution >= 4 is 6.21 Å². The van der Waals surface area contributed by atoms with Crippen LogP contribution in [0.5, 0.6) is 0 Å². The summed E-state index contributed by atoms with van der Waals surface area (Å²) >= 11 is 0. The van der Waals surface area contributed by atoms with Gasteiger partial charge in [-0.25, -0.2) is 0 Å². The maximum absolute atomic E-state index is 9.48. The number of aliphatic imine (C=N–C) groups is 1. The van der Waals surface area contributed by atoms with Crippen LogP contribution in [-0.2, 0) is 0 Å². The number of allylic oxidation sites excluding steroid dienone is 3. The van der Waals surface area contributed by atoms with E-state index in [4.69, 9.17) is 0 Å². The molecule has 1 aliphatic heterocycles. The zero-order valence-corrected chi connectivity index (χ0v) is 8.61. The lowest BCUT2D eigenvalue weighted by molar-refractivity contribution is 0.324. The highest BCUT2D eigenvalue weighted by molar-refractivity contribution is 5.78. The highest BCUT2D eigenvalue weighted by Gasteiger charge is 2.22. The summed E-state index contributed by atoms with van der Waals surface area (Å²) < 4.78 is 0. The van der Waals surface area contributed by atoms with Gasteiger partial charge in [-0.05, 0) is 37.3 Å². The molecule has 76 valence electrons. The molecule has 1 aliphatic carbocycles. The maximum atomic E-state index is 9.48. The predicted molar refractivity (Wildman–Crippen MR) is 58.7 cm³/mol. The lowest BCUT2D eigenvalue weighted by Gasteiger charge is -2.26. The standard InChI is InChI=1S/C12H17NO/c1-9-5-11(8-13-7-9)10-3-2-4-12(14)6-10/h5-7,10-11,14H,2-4,8H2,1H3. The Bertz CT molecular complexity index is 301. The van der Waals surface area contributed by atoms with Crippen molar-refractivity contribution in [3.8, 4) is 0 Å². The molecule has 0 bridgehead atoms. The monoisotopic (exact) mass is 191 g/mol. The van der Waals surface area contributed by atoms with E-state index in [0.717, 1.165) is 19.4 Å². The smallest absolute Gasteiger partial charge is 0.0885 e. The Kier molecular flexibility index (Phi) is 2.71. The van der Waals surface area contributed by atoms with Crippen LogP contribution in [0.1, 0.15) is 26.2 Å². The Hall–Kier alpha value is -1.05. The summed E-state index contributed by atoms with van der Waals surface area (Å²) in [4.78, 5) is 4.34. The third kappa shape index (κ3) is 2.06. The molecule has 0 radical (unpaired) electrons. The summed E-state index contributed by atoms with van der Waals surface area (Å²) in [5, 5.41) is 9.48. The second-order valence-electron chi connectivity index (χ2n) is 4.28. The van der Waals surface area contributed by atoms with E-state index in [2.05, 4.69) is 18.0 Å². The van der Waals surface area contributed by atoms with Gasteiger partial charge in [0.05, 0.1) is 5.76 Å². The highest BCUT2D eigenvalue weighted by Crippen LogP contribution is 2.30. The second kappa shape index (κ2) is 3.99. The van der Waals surface area contributed by atoms with Gasteiger partial charge in [-0.15, -0.1) is 0 Å². The molecule has 0 amide bonds. The number of hydrogen-bond donors (Lipinski definition) is 1. The second-order valence-corrected chi connectivity index (χ2v) is 4.28. The van der Waals surface area contributed by atoms with E-state index in [9.17, 15) is 5.11 Å². The van der Waals surface area contributed by atoms with Crippen LogP contribution >= 0.6 is 0 Å². The van der Waals surface area contributed by atoms with E-state index >= 15 is 0 Å². The lowest BCUT2D eigenvalue weighted by Crippen LogP contribution is -2.19. The fourth-order valence-electron chi connectivity index (χ4n) is 2.28. The molecule has 0 aromatic rings. The van der Waals surface area contributed by atoms with Crippen LogP contribution in [0, 0.1) is 11.8 Å². The average Bonchev–Trinajstić information content (AvgIpc) is 2.18. The predicted octanol–water partition coefficient (Wildman–Crippen LogP) is 2.88. The first-order valence-electron chi connectivity index (χ1n) is 5.33. The fourth-order valence-corrected chi connectivity index (χ4v) is 2.28. The highest BCUT2D eigenvalue weighted by atomic mass is 16.3. The first-order valence-corrected chi connectivity index (χ1v) is 5.33. The minimum atomic E-state index is 0.496. The van der Waals surface area contributed by atoms with Crippen LogP contribution in [0.2, 0.25) is 0 Å². The average molecular weight is 191 g/mol. The Morgan fingerprint density at radius 3 is 2.93 bits per heavy atom. The molecule has 2 rings (SSSR count). The first kappa shape index (κ1) is 9.50. The minimum Gasteiger partial charge on any atom is -0.513 e. The number of nitrogens with zero attached hydrogens (tertiary/aromatic N) is 1. The van der Waals surface area contributed by atoms with Gasteiger partial charge in [0.15, 0.2) is 0 Å². The Morgan fingerprint density at radius 2 is 2.21 bits per heavy atom. The molecular formula is C12H17NO. The Labute approximate surface area is 85.1 Å². The molecule has 0 fully saturated rings. The summed E-state index contributed by atoms with van der Waals surface area (Å²) in [5.41, 5.74) is 1.25. The van der Waals surface area contributed by atoms with Crippen molar-refractivity contribution in [3.63, 3.8) is 0 Å². The van der Waals surface area contributed by atoms with Crippen molar-refractivity contribution in [1.29, 1.82) is 0 Å². The van der Waals surface area contributed by atoms with Gasteiger partial charge in [0.1, 0.15) is 0 Å². The van der Waals surface area contributed by atoms with E-state index in [-0.39, 0.29) is 0 Å². The third-order valence-electron chi connectivity index (χ3n) is 3.01. The molecule has 0 saturated carbocycles. The van der Waals surface area contributed by atoms with Crippen molar-refractivity contribution in [2.45, 2.75) is 26.2 Å². The van der Waals surface area contributed by atoms with Gasteiger partial charge in [-0.3, -0.25) is 4.99 Å². The molecule has 0 spiro atoms. The Morgan fingerprint density at radius 1 is 1.36 bits per heavy atom. The molecule has 1 N–H and O–H groups in total. The zero-order chi connectivity index (χ0) is 9.97. The van der Waals surface area contributed by atoms with Gasteiger partial charge in [0, 0.05) is 25.1 Å². The van der Waals surface area contributed by atoms with Crippen molar-refractivity contribution in [2.24, 2.45) is 16.8 Å². The summed E-state index contributed by atoms with van der Waals surface area (Å²) in [6.45, 7) is 2.97. The van der Waals surface area contributed by atoms with Gasteiger partial charge >= 0.3 is 0 Å². The number of hydrogen-bond acceptors (Lipinski definition) is 2. The van der Waals surface area contributed by atoms with E-state index in [0.29, 0.717) is 17.6 Å². The molecule has 2 unspecified atom stereocenters. The maximum Gasteiger partial charge on any atom is 0.0885 e. The van der Waals surface area contributed by atoms with Gasteiger partial charge in [-0.1, -0.05) is 6.08 Å². The van der Waals surface area contributed by atoms with Crippen molar-refractivity contribution < 1.29 is 5.11 Å². The fraction of sp³-hybridized carbons (Fsp3) is 0.583. The molecule has 0 saturated heterocycles. The van der Waals surface area contributed by atoms with E-state index < -0.39 is 0 Å². The molecule has 1 heterocycles. The van der Waals surface area contributed by atoms with Crippen LogP contribution in [0.3, 0.4) is 0 Å². The molecule has 0 aromatic heterocycles. The van der Waals surface area contributed by atoms with Crippen molar-refractivity contribution in [1.82, 2.24) is 0 Å². The third-order valence-corrected chi connectivity index (χ3v) is 3.01. The molecule has 2 heteroatoms. The largest absolute Gasteiger partial charge is 0.513 e. The number of dihydropyridines is 1. The summed E-state index contributed by atoms with van der Waals surface area (Å²) in [7, 11) is 0. The number of aliphatic hydroxyl groups is 1. The Balaban J connectivity index is 2.08. The molecule has 14 heavy (non-hydrogen) atoms. The zero-order valence-electron chi connectivity index (χ0n) is 8.61. The molecule has 0 aromatic carbocycles. The van der Waals surface area contributed by atoms with Crippen LogP contribution < -0.4 is 0 Å². The van der Waals surface area contributed by atoms with E-state index in [1.807, 2.05) is 12.3 Å². The van der Waals surface area contributed by atoms with Gasteiger partial charge in [-0.2, -0.15) is 0 Å². The minimum absolute atomic E-state index is 0.496. The molecular weight excluding hydrogens is 174 g/mol. The normalized spacial score (nSPS) is 32.4. The SMILES string of the molecule is CC1=CC(C2C=C(O)CCC2)CN=C1. The number of aliphatic hydroxyl groups excluding tert-OH is 1. The van der Waals surface area contributed by atoms with Crippen molar-refractivity contribution in [2.75, 3.05) is 6.54 Å². The quantitative estimate of drug-likeness (QED) is 0.679. The molecule has 2 aliphatic rings. The van der Waals surface area contributed by atoms with Crippen LogP contribution in [0.25, 0.3) is 0 Å². The van der Waals surface area contributed by atoms with Crippen molar-refractivity contribution in [3.05, 3.63) is 23.5 Å². The van der Waals surface area contributed by atoms with E-state index in [1.165, 1.54) is 12.0 Å². The van der Waals surface area contributed by atoms with Crippen LogP contribution in [0.15, 0.2) is 28.5 Å².